The number of aliphatic carboxylic acids is 1. The van der Waals surface area contributed by atoms with Crippen LogP contribution in [0, 0.1) is 5.92 Å². The van der Waals surface area contributed by atoms with Crippen molar-refractivity contribution in [1.29, 1.82) is 0 Å². The van der Waals surface area contributed by atoms with E-state index in [9.17, 15) is 14.4 Å². The van der Waals surface area contributed by atoms with E-state index in [-0.39, 0.29) is 30.4 Å². The Labute approximate surface area is 125 Å². The van der Waals surface area contributed by atoms with Gasteiger partial charge in [-0.2, -0.15) is 0 Å². The molecule has 0 aliphatic carbocycles. The van der Waals surface area contributed by atoms with Gasteiger partial charge in [0.05, 0.1) is 0 Å². The van der Waals surface area contributed by atoms with Crippen LogP contribution in [0.3, 0.4) is 0 Å². The van der Waals surface area contributed by atoms with Gasteiger partial charge in [0.25, 0.3) is 0 Å². The van der Waals surface area contributed by atoms with Crippen LogP contribution in [0.1, 0.15) is 26.7 Å². The monoisotopic (exact) mass is 299 g/mol. The highest BCUT2D eigenvalue weighted by Gasteiger charge is 2.32. The number of carbonyl (C=O) groups excluding carboxylic acids is 2. The van der Waals surface area contributed by atoms with Gasteiger partial charge in [-0.25, -0.2) is 4.79 Å². The molecule has 1 aliphatic heterocycles. The van der Waals surface area contributed by atoms with Gasteiger partial charge in [0.2, 0.25) is 5.91 Å². The first-order chi connectivity index (χ1) is 9.73. The van der Waals surface area contributed by atoms with Gasteiger partial charge in [-0.15, -0.1) is 0 Å². The van der Waals surface area contributed by atoms with Gasteiger partial charge in [-0.05, 0) is 26.7 Å². The summed E-state index contributed by atoms with van der Waals surface area (Å²) < 4.78 is 0. The van der Waals surface area contributed by atoms with Crippen molar-refractivity contribution in [3.05, 3.63) is 0 Å². The summed E-state index contributed by atoms with van der Waals surface area (Å²) in [5.41, 5.74) is 0. The molecule has 0 aromatic carbocycles. The van der Waals surface area contributed by atoms with E-state index >= 15 is 0 Å². The van der Waals surface area contributed by atoms with E-state index in [4.69, 9.17) is 5.11 Å². The second-order valence-electron chi connectivity index (χ2n) is 5.89. The van der Waals surface area contributed by atoms with Crippen LogP contribution in [-0.4, -0.2) is 77.5 Å². The Kier molecular flexibility index (Phi) is 5.99. The molecule has 7 heteroatoms. The van der Waals surface area contributed by atoms with Crippen LogP contribution in [0.2, 0.25) is 0 Å². The lowest BCUT2D eigenvalue weighted by atomic mass is 9.95. The molecule has 0 aromatic rings. The van der Waals surface area contributed by atoms with Crippen LogP contribution in [0.5, 0.6) is 0 Å². The highest BCUT2D eigenvalue weighted by molar-refractivity contribution is 5.83. The number of piperidine rings is 1. The standard InChI is InChI=1S/C14H25N3O4/c1-10(2)17(9-12(18)19)13(20)11-5-7-16(8-6-11)14(21)15(3)4/h10-11H,5-9H2,1-4H3,(H,18,19). The predicted octanol–water partition coefficient (Wildman–Crippen LogP) is 0.702. The highest BCUT2D eigenvalue weighted by atomic mass is 16.4. The lowest BCUT2D eigenvalue weighted by Crippen LogP contribution is -2.49. The molecule has 0 bridgehead atoms. The molecular formula is C14H25N3O4. The Hall–Kier alpha value is -1.79. The first-order valence-corrected chi connectivity index (χ1v) is 7.22. The summed E-state index contributed by atoms with van der Waals surface area (Å²) in [5, 5.41) is 8.90. The number of hydrogen-bond donors (Lipinski definition) is 1. The zero-order valence-corrected chi connectivity index (χ0v) is 13.2. The number of amides is 3. The minimum atomic E-state index is -1.00. The summed E-state index contributed by atoms with van der Waals surface area (Å²) >= 11 is 0. The number of urea groups is 1. The molecule has 0 aromatic heterocycles. The summed E-state index contributed by atoms with van der Waals surface area (Å²) in [7, 11) is 3.40. The maximum Gasteiger partial charge on any atom is 0.323 e. The average molecular weight is 299 g/mol. The van der Waals surface area contributed by atoms with Gasteiger partial charge in [0.15, 0.2) is 0 Å². The van der Waals surface area contributed by atoms with Crippen LogP contribution < -0.4 is 0 Å². The fraction of sp³-hybridized carbons (Fsp3) is 0.786. The summed E-state index contributed by atoms with van der Waals surface area (Å²) in [5.74, 6) is -1.32. The summed E-state index contributed by atoms with van der Waals surface area (Å²) in [6.07, 6.45) is 1.17. The highest BCUT2D eigenvalue weighted by Crippen LogP contribution is 2.21. The molecule has 0 saturated carbocycles. The number of hydrogen-bond acceptors (Lipinski definition) is 3. The number of carboxylic acids is 1. The van der Waals surface area contributed by atoms with Crippen LogP contribution in [-0.2, 0) is 9.59 Å². The fourth-order valence-corrected chi connectivity index (χ4v) is 2.50. The van der Waals surface area contributed by atoms with E-state index in [2.05, 4.69) is 0 Å². The summed E-state index contributed by atoms with van der Waals surface area (Å²) in [6.45, 7) is 4.42. The van der Waals surface area contributed by atoms with Gasteiger partial charge in [0.1, 0.15) is 6.54 Å². The molecule has 0 atom stereocenters. The molecule has 3 amide bonds. The Morgan fingerprint density at radius 2 is 1.71 bits per heavy atom. The number of carboxylic acid groups (broad SMARTS) is 1. The van der Waals surface area contributed by atoms with E-state index in [1.807, 2.05) is 13.8 Å². The van der Waals surface area contributed by atoms with E-state index in [1.54, 1.807) is 19.0 Å². The smallest absolute Gasteiger partial charge is 0.323 e. The fourth-order valence-electron chi connectivity index (χ4n) is 2.50. The molecule has 1 aliphatic rings. The molecule has 0 spiro atoms. The van der Waals surface area contributed by atoms with Crippen LogP contribution in [0.15, 0.2) is 0 Å². The first-order valence-electron chi connectivity index (χ1n) is 7.22. The van der Waals surface area contributed by atoms with E-state index in [0.29, 0.717) is 25.9 Å². The Bertz CT molecular complexity index is 401. The third kappa shape index (κ3) is 4.61. The Morgan fingerprint density at radius 3 is 2.10 bits per heavy atom. The van der Waals surface area contributed by atoms with Crippen molar-refractivity contribution in [3.63, 3.8) is 0 Å². The second-order valence-corrected chi connectivity index (χ2v) is 5.89. The number of nitrogens with zero attached hydrogens (tertiary/aromatic N) is 3. The molecule has 1 fully saturated rings. The average Bonchev–Trinajstić information content (AvgIpc) is 2.42. The van der Waals surface area contributed by atoms with Gasteiger partial charge < -0.3 is 19.8 Å². The lowest BCUT2D eigenvalue weighted by molar-refractivity contribution is -0.148. The summed E-state index contributed by atoms with van der Waals surface area (Å²) in [4.78, 5) is 39.8. The van der Waals surface area contributed by atoms with Crippen LogP contribution >= 0.6 is 0 Å². The maximum absolute atomic E-state index is 12.4. The van der Waals surface area contributed by atoms with Gasteiger partial charge in [-0.3, -0.25) is 9.59 Å². The topological polar surface area (TPSA) is 81.2 Å². The second kappa shape index (κ2) is 7.28. The minimum absolute atomic E-state index is 0.0489. The zero-order valence-electron chi connectivity index (χ0n) is 13.2. The van der Waals surface area contributed by atoms with E-state index < -0.39 is 5.97 Å². The van der Waals surface area contributed by atoms with E-state index in [0.717, 1.165) is 0 Å². The van der Waals surface area contributed by atoms with Crippen LogP contribution in [0.25, 0.3) is 0 Å². The first kappa shape index (κ1) is 17.3. The minimum Gasteiger partial charge on any atom is -0.480 e. The molecule has 1 N–H and O–H groups in total. The molecule has 1 rings (SSSR count). The van der Waals surface area contributed by atoms with Crippen molar-refractivity contribution < 1.29 is 19.5 Å². The third-order valence-electron chi connectivity index (χ3n) is 3.71. The largest absolute Gasteiger partial charge is 0.480 e. The van der Waals surface area contributed by atoms with Crippen molar-refractivity contribution in [3.8, 4) is 0 Å². The Balaban J connectivity index is 2.61. The number of rotatable bonds is 4. The van der Waals surface area contributed by atoms with Crippen molar-refractivity contribution in [1.82, 2.24) is 14.7 Å². The van der Waals surface area contributed by atoms with Crippen molar-refractivity contribution in [2.24, 2.45) is 5.92 Å². The van der Waals surface area contributed by atoms with Crippen molar-refractivity contribution in [2.75, 3.05) is 33.7 Å². The van der Waals surface area contributed by atoms with Crippen molar-refractivity contribution >= 4 is 17.9 Å². The van der Waals surface area contributed by atoms with Gasteiger partial charge in [-0.1, -0.05) is 0 Å². The molecule has 1 heterocycles. The Morgan fingerprint density at radius 1 is 1.19 bits per heavy atom. The molecule has 21 heavy (non-hydrogen) atoms. The molecule has 7 nitrogen and oxygen atoms in total. The summed E-state index contributed by atoms with van der Waals surface area (Å²) in [6, 6.07) is -0.192. The molecule has 120 valence electrons. The molecular weight excluding hydrogens is 274 g/mol. The van der Waals surface area contributed by atoms with Gasteiger partial charge >= 0.3 is 12.0 Å². The third-order valence-corrected chi connectivity index (χ3v) is 3.71. The van der Waals surface area contributed by atoms with E-state index in [1.165, 1.54) is 9.80 Å². The lowest BCUT2D eigenvalue weighted by Gasteiger charge is -2.36. The zero-order chi connectivity index (χ0) is 16.2. The normalized spacial score (nSPS) is 16.0. The number of carbonyl (C=O) groups is 3. The number of likely N-dealkylation sites (tertiary alicyclic amines) is 1. The molecule has 0 radical (unpaired) electrons. The quantitative estimate of drug-likeness (QED) is 0.828. The maximum atomic E-state index is 12.4. The predicted molar refractivity (Wildman–Crippen MR) is 77.9 cm³/mol. The van der Waals surface area contributed by atoms with Crippen molar-refractivity contribution in [2.45, 2.75) is 32.7 Å². The molecule has 1 saturated heterocycles. The molecule has 0 unspecified atom stereocenters. The van der Waals surface area contributed by atoms with Crippen LogP contribution in [0.4, 0.5) is 4.79 Å². The van der Waals surface area contributed by atoms with Gasteiger partial charge in [0, 0.05) is 39.1 Å². The SMILES string of the molecule is CC(C)N(CC(=O)O)C(=O)C1CCN(C(=O)N(C)C)CC1.